The maximum absolute atomic E-state index is 12.9. The molecule has 4 atom stereocenters. The molecule has 2 aliphatic heterocycles. The van der Waals surface area contributed by atoms with Crippen LogP contribution in [0.1, 0.15) is 34.0 Å². The summed E-state index contributed by atoms with van der Waals surface area (Å²) in [7, 11) is 1.66. The lowest BCUT2D eigenvalue weighted by molar-refractivity contribution is 0.0850. The van der Waals surface area contributed by atoms with Gasteiger partial charge in [-0.2, -0.15) is 0 Å². The lowest BCUT2D eigenvalue weighted by atomic mass is 9.79. The molecule has 2 saturated heterocycles. The number of methoxy groups -OCH3 is 1. The van der Waals surface area contributed by atoms with Gasteiger partial charge in [-0.1, -0.05) is 42.5 Å². The fourth-order valence-electron chi connectivity index (χ4n) is 4.04. The highest BCUT2D eigenvalue weighted by molar-refractivity contribution is 6.07. The van der Waals surface area contributed by atoms with E-state index in [1.807, 2.05) is 48.5 Å². The number of hydrogen-bond acceptors (Lipinski definition) is 4. The minimum absolute atomic E-state index is 0.0458. The Morgan fingerprint density at radius 3 is 2.79 bits per heavy atom. The summed E-state index contributed by atoms with van der Waals surface area (Å²) in [5.41, 5.74) is 2.29. The molecule has 5 rings (SSSR count). The van der Waals surface area contributed by atoms with Gasteiger partial charge in [0.15, 0.2) is 11.4 Å². The maximum Gasteiger partial charge on any atom is 0.197 e. The highest BCUT2D eigenvalue weighted by atomic mass is 16.7. The van der Waals surface area contributed by atoms with Gasteiger partial charge in [0.1, 0.15) is 24.1 Å². The molecule has 0 saturated carbocycles. The number of ether oxygens (including phenoxy) is 3. The summed E-state index contributed by atoms with van der Waals surface area (Å²) >= 11 is 0. The standard InChI is InChI=1S/C20H18O4/c1-22-15-9-5-4-8-14(15)16-17(23-16)19-20(24-19)11-10-12-6-2-3-7-13(12)18(20)21/h2-9,16-17,19H,10-11H2,1H3/t16-,17+,19+,20+/m0/s1. The van der Waals surface area contributed by atoms with Crippen molar-refractivity contribution >= 4 is 5.78 Å². The Balaban J connectivity index is 1.38. The molecule has 0 amide bonds. The Morgan fingerprint density at radius 2 is 1.92 bits per heavy atom. The zero-order valence-electron chi connectivity index (χ0n) is 13.4. The van der Waals surface area contributed by atoms with E-state index in [1.165, 1.54) is 0 Å². The van der Waals surface area contributed by atoms with Crippen molar-refractivity contribution < 1.29 is 19.0 Å². The molecule has 0 bridgehead atoms. The zero-order valence-corrected chi connectivity index (χ0v) is 13.4. The first-order chi connectivity index (χ1) is 11.7. The molecular weight excluding hydrogens is 304 g/mol. The molecule has 4 nitrogen and oxygen atoms in total. The lowest BCUT2D eigenvalue weighted by Gasteiger charge is -2.20. The molecule has 0 N–H and O–H groups in total. The number of benzene rings is 2. The number of para-hydroxylation sites is 1. The van der Waals surface area contributed by atoms with Crippen molar-refractivity contribution in [2.45, 2.75) is 36.8 Å². The van der Waals surface area contributed by atoms with Crippen LogP contribution < -0.4 is 4.74 Å². The number of carbonyl (C=O) groups is 1. The summed E-state index contributed by atoms with van der Waals surface area (Å²) in [5.74, 6) is 0.934. The molecule has 1 aliphatic carbocycles. The first-order valence-electron chi connectivity index (χ1n) is 8.33. The second-order valence-corrected chi connectivity index (χ2v) is 6.68. The average molecular weight is 322 g/mol. The molecule has 0 aromatic heterocycles. The van der Waals surface area contributed by atoms with Crippen molar-refractivity contribution in [1.29, 1.82) is 0 Å². The molecule has 1 spiro atoms. The fourth-order valence-corrected chi connectivity index (χ4v) is 4.04. The first kappa shape index (κ1) is 14.2. The van der Waals surface area contributed by atoms with Crippen molar-refractivity contribution in [2.75, 3.05) is 7.11 Å². The molecule has 0 radical (unpaired) electrons. The molecular formula is C20H18O4. The maximum atomic E-state index is 12.9. The predicted octanol–water partition coefficient (Wildman–Crippen LogP) is 3.10. The summed E-state index contributed by atoms with van der Waals surface area (Å²) in [6, 6.07) is 15.7. The number of fused-ring (bicyclic) bond motifs is 1. The van der Waals surface area contributed by atoms with Crippen molar-refractivity contribution in [3.05, 3.63) is 65.2 Å². The van der Waals surface area contributed by atoms with Crippen LogP contribution in [0.25, 0.3) is 0 Å². The number of aryl methyl sites for hydroxylation is 1. The van der Waals surface area contributed by atoms with Crippen LogP contribution in [0.5, 0.6) is 5.75 Å². The molecule has 0 unspecified atom stereocenters. The van der Waals surface area contributed by atoms with Crippen LogP contribution in [0.3, 0.4) is 0 Å². The Hall–Kier alpha value is -2.17. The summed E-state index contributed by atoms with van der Waals surface area (Å²) in [6.07, 6.45) is 1.37. The largest absolute Gasteiger partial charge is 0.496 e. The van der Waals surface area contributed by atoms with Gasteiger partial charge < -0.3 is 14.2 Å². The average Bonchev–Trinajstić information content (AvgIpc) is 3.53. The molecule has 2 aromatic carbocycles. The Labute approximate surface area is 140 Å². The number of ketones is 1. The van der Waals surface area contributed by atoms with Crippen molar-refractivity contribution in [2.24, 2.45) is 0 Å². The second-order valence-electron chi connectivity index (χ2n) is 6.68. The third-order valence-electron chi connectivity index (χ3n) is 5.42. The van der Waals surface area contributed by atoms with Gasteiger partial charge in [-0.05, 0) is 24.5 Å². The molecule has 2 heterocycles. The number of carbonyl (C=O) groups excluding carboxylic acids is 1. The quantitative estimate of drug-likeness (QED) is 0.815. The predicted molar refractivity (Wildman–Crippen MR) is 87.3 cm³/mol. The van der Waals surface area contributed by atoms with Gasteiger partial charge >= 0.3 is 0 Å². The highest BCUT2D eigenvalue weighted by Crippen LogP contribution is 2.57. The number of Topliss-reactive ketones (excluding diaryl/α,β-unsaturated/α-hetero) is 1. The van der Waals surface area contributed by atoms with Crippen molar-refractivity contribution in [3.8, 4) is 5.75 Å². The number of rotatable bonds is 3. The monoisotopic (exact) mass is 322 g/mol. The van der Waals surface area contributed by atoms with E-state index in [0.29, 0.717) is 0 Å². The minimum Gasteiger partial charge on any atom is -0.496 e. The minimum atomic E-state index is -0.671. The van der Waals surface area contributed by atoms with Crippen LogP contribution in [0.2, 0.25) is 0 Å². The van der Waals surface area contributed by atoms with Crippen LogP contribution in [-0.2, 0) is 15.9 Å². The second kappa shape index (κ2) is 4.91. The fraction of sp³-hybridized carbons (Fsp3) is 0.350. The lowest BCUT2D eigenvalue weighted by Crippen LogP contribution is -2.34. The van der Waals surface area contributed by atoms with Gasteiger partial charge in [0.2, 0.25) is 0 Å². The van der Waals surface area contributed by atoms with Crippen LogP contribution in [0, 0.1) is 0 Å². The smallest absolute Gasteiger partial charge is 0.197 e. The van der Waals surface area contributed by atoms with E-state index < -0.39 is 5.60 Å². The van der Waals surface area contributed by atoms with E-state index in [-0.39, 0.29) is 24.1 Å². The van der Waals surface area contributed by atoms with Crippen LogP contribution >= 0.6 is 0 Å². The Morgan fingerprint density at radius 1 is 1.12 bits per heavy atom. The number of epoxide rings is 2. The zero-order chi connectivity index (χ0) is 16.3. The molecule has 2 fully saturated rings. The topological polar surface area (TPSA) is 51.4 Å². The van der Waals surface area contributed by atoms with Gasteiger partial charge in [0, 0.05) is 11.1 Å². The molecule has 4 heteroatoms. The van der Waals surface area contributed by atoms with Gasteiger partial charge in [-0.15, -0.1) is 0 Å². The van der Waals surface area contributed by atoms with Crippen molar-refractivity contribution in [3.63, 3.8) is 0 Å². The highest BCUT2D eigenvalue weighted by Gasteiger charge is 2.71. The third-order valence-corrected chi connectivity index (χ3v) is 5.42. The van der Waals surface area contributed by atoms with Gasteiger partial charge in [-0.25, -0.2) is 0 Å². The summed E-state index contributed by atoms with van der Waals surface area (Å²) in [6.45, 7) is 0. The third kappa shape index (κ3) is 1.90. The normalized spacial score (nSPS) is 33.2. The van der Waals surface area contributed by atoms with E-state index in [1.54, 1.807) is 7.11 Å². The molecule has 24 heavy (non-hydrogen) atoms. The van der Waals surface area contributed by atoms with E-state index >= 15 is 0 Å². The molecule has 3 aliphatic rings. The van der Waals surface area contributed by atoms with Crippen LogP contribution in [-0.4, -0.2) is 30.7 Å². The van der Waals surface area contributed by atoms with E-state index in [2.05, 4.69) is 0 Å². The summed E-state index contributed by atoms with van der Waals surface area (Å²) < 4.78 is 17.2. The van der Waals surface area contributed by atoms with E-state index in [9.17, 15) is 4.79 Å². The van der Waals surface area contributed by atoms with Gasteiger partial charge in [0.25, 0.3) is 0 Å². The van der Waals surface area contributed by atoms with E-state index in [0.717, 1.165) is 35.3 Å². The Bertz CT molecular complexity index is 830. The van der Waals surface area contributed by atoms with Crippen LogP contribution in [0.4, 0.5) is 0 Å². The molecule has 2 aromatic rings. The number of hydrogen-bond donors (Lipinski definition) is 0. The van der Waals surface area contributed by atoms with Gasteiger partial charge in [-0.3, -0.25) is 4.79 Å². The van der Waals surface area contributed by atoms with E-state index in [4.69, 9.17) is 14.2 Å². The van der Waals surface area contributed by atoms with Crippen molar-refractivity contribution in [1.82, 2.24) is 0 Å². The first-order valence-corrected chi connectivity index (χ1v) is 8.33. The SMILES string of the molecule is COc1ccccc1[C@@H]1O[C@H]1[C@H]1O[C@@]12CCc1ccccc1C2=O. The summed E-state index contributed by atoms with van der Waals surface area (Å²) in [5, 5.41) is 0. The Kier molecular flexibility index (Phi) is 2.91. The van der Waals surface area contributed by atoms with Gasteiger partial charge in [0.05, 0.1) is 7.11 Å². The molecule has 122 valence electrons. The van der Waals surface area contributed by atoms with Crippen LogP contribution in [0.15, 0.2) is 48.5 Å². The summed E-state index contributed by atoms with van der Waals surface area (Å²) in [4.78, 5) is 12.9.